The van der Waals surface area contributed by atoms with Crippen LogP contribution in [0.15, 0.2) is 34.2 Å². The van der Waals surface area contributed by atoms with Crippen molar-refractivity contribution in [1.29, 1.82) is 0 Å². The summed E-state index contributed by atoms with van der Waals surface area (Å²) in [5.74, 6) is -0.775. The molecule has 0 saturated heterocycles. The average Bonchev–Trinajstić information content (AvgIpc) is 2.92. The van der Waals surface area contributed by atoms with Crippen LogP contribution in [-0.4, -0.2) is 28.6 Å². The Hall–Kier alpha value is -2.96. The van der Waals surface area contributed by atoms with Crippen molar-refractivity contribution in [2.45, 2.75) is 20.3 Å². The molecule has 0 spiro atoms. The van der Waals surface area contributed by atoms with Crippen LogP contribution < -0.4 is 16.3 Å². The molecule has 2 heterocycles. The summed E-state index contributed by atoms with van der Waals surface area (Å²) in [6, 6.07) is 7.32. The summed E-state index contributed by atoms with van der Waals surface area (Å²) in [6.07, 6.45) is 0.467. The minimum Gasteiger partial charge on any atom is -0.352 e. The maximum Gasteiger partial charge on any atom is 0.254 e. The molecule has 7 heteroatoms. The van der Waals surface area contributed by atoms with Crippen molar-refractivity contribution >= 4 is 28.4 Å². The summed E-state index contributed by atoms with van der Waals surface area (Å²) in [7, 11) is 1.69. The highest BCUT2D eigenvalue weighted by molar-refractivity contribution is 6.08. The highest BCUT2D eigenvalue weighted by Crippen LogP contribution is 2.19. The van der Waals surface area contributed by atoms with Crippen LogP contribution >= 0.6 is 0 Å². The van der Waals surface area contributed by atoms with E-state index in [1.165, 1.54) is 0 Å². The molecule has 1 unspecified atom stereocenters. The molecule has 1 aliphatic rings. The van der Waals surface area contributed by atoms with Crippen LogP contribution in [0, 0.1) is 12.8 Å². The zero-order chi connectivity index (χ0) is 18.1. The normalized spacial score (nSPS) is 16.7. The summed E-state index contributed by atoms with van der Waals surface area (Å²) in [4.78, 5) is 36.7. The van der Waals surface area contributed by atoms with Crippen molar-refractivity contribution < 1.29 is 9.59 Å². The van der Waals surface area contributed by atoms with E-state index >= 15 is 0 Å². The molecule has 0 saturated carbocycles. The van der Waals surface area contributed by atoms with E-state index in [0.29, 0.717) is 29.6 Å². The van der Waals surface area contributed by atoms with Gasteiger partial charge in [-0.2, -0.15) is 5.10 Å². The summed E-state index contributed by atoms with van der Waals surface area (Å²) < 4.78 is 1.55. The van der Waals surface area contributed by atoms with Crippen molar-refractivity contribution in [2.75, 3.05) is 6.54 Å². The first-order valence-corrected chi connectivity index (χ1v) is 8.12. The second-order valence-electron chi connectivity index (χ2n) is 6.21. The first-order valence-electron chi connectivity index (χ1n) is 8.12. The molecule has 0 aliphatic carbocycles. The van der Waals surface area contributed by atoms with Gasteiger partial charge in [-0.1, -0.05) is 18.2 Å². The Kier molecular flexibility index (Phi) is 4.39. The number of fused-ring (bicyclic) bond motifs is 1. The zero-order valence-electron chi connectivity index (χ0n) is 14.4. The van der Waals surface area contributed by atoms with E-state index < -0.39 is 0 Å². The third-order valence-corrected chi connectivity index (χ3v) is 4.64. The second kappa shape index (κ2) is 6.51. The molecule has 25 heavy (non-hydrogen) atoms. The Labute approximate surface area is 144 Å². The van der Waals surface area contributed by atoms with Gasteiger partial charge in [0.15, 0.2) is 0 Å². The lowest BCUT2D eigenvalue weighted by atomic mass is 10.00. The Morgan fingerprint density at radius 3 is 2.68 bits per heavy atom. The van der Waals surface area contributed by atoms with Crippen molar-refractivity contribution in [3.8, 4) is 0 Å². The highest BCUT2D eigenvalue weighted by atomic mass is 16.2. The van der Waals surface area contributed by atoms with Gasteiger partial charge in [-0.15, -0.1) is 0 Å². The smallest absolute Gasteiger partial charge is 0.254 e. The van der Waals surface area contributed by atoms with Crippen LogP contribution in [0.5, 0.6) is 0 Å². The van der Waals surface area contributed by atoms with Crippen LogP contribution in [0.2, 0.25) is 0 Å². The van der Waals surface area contributed by atoms with Gasteiger partial charge < -0.3 is 9.88 Å². The first-order chi connectivity index (χ1) is 11.9. The number of benzene rings is 1. The van der Waals surface area contributed by atoms with Gasteiger partial charge in [0.2, 0.25) is 5.91 Å². The van der Waals surface area contributed by atoms with Crippen molar-refractivity contribution in [3.05, 3.63) is 45.7 Å². The Morgan fingerprint density at radius 1 is 1.28 bits per heavy atom. The highest BCUT2D eigenvalue weighted by Gasteiger charge is 2.26. The SMILES string of the molecule is CC1=NNC(=O)C1CCNC(=O)c1c(C)c(=O)n(C)c2ccccc12. The minimum atomic E-state index is -0.318. The van der Waals surface area contributed by atoms with Crippen molar-refractivity contribution in [1.82, 2.24) is 15.3 Å². The molecule has 0 fully saturated rings. The summed E-state index contributed by atoms with van der Waals surface area (Å²) in [6.45, 7) is 3.76. The van der Waals surface area contributed by atoms with E-state index in [9.17, 15) is 14.4 Å². The van der Waals surface area contributed by atoms with E-state index in [4.69, 9.17) is 0 Å². The second-order valence-corrected chi connectivity index (χ2v) is 6.21. The maximum absolute atomic E-state index is 12.7. The number of carbonyl (C=O) groups is 2. The largest absolute Gasteiger partial charge is 0.352 e. The van der Waals surface area contributed by atoms with E-state index in [1.54, 1.807) is 25.5 Å². The molecular weight excluding hydrogens is 320 g/mol. The first kappa shape index (κ1) is 16.9. The van der Waals surface area contributed by atoms with Gasteiger partial charge in [0, 0.05) is 30.3 Å². The van der Waals surface area contributed by atoms with E-state index in [0.717, 1.165) is 11.1 Å². The Morgan fingerprint density at radius 2 is 2.00 bits per heavy atom. The predicted octanol–water partition coefficient (Wildman–Crippen LogP) is 1.09. The molecule has 130 valence electrons. The fraction of sp³-hybridized carbons (Fsp3) is 0.333. The summed E-state index contributed by atoms with van der Waals surface area (Å²) in [5.41, 5.74) is 4.46. The molecule has 0 radical (unpaired) electrons. The van der Waals surface area contributed by atoms with Gasteiger partial charge in [0.1, 0.15) is 0 Å². The Balaban J connectivity index is 1.84. The minimum absolute atomic E-state index is 0.151. The van der Waals surface area contributed by atoms with Gasteiger partial charge >= 0.3 is 0 Å². The predicted molar refractivity (Wildman–Crippen MR) is 95.6 cm³/mol. The zero-order valence-corrected chi connectivity index (χ0v) is 14.4. The number of para-hydroxylation sites is 1. The van der Waals surface area contributed by atoms with Gasteiger partial charge in [-0.25, -0.2) is 5.43 Å². The monoisotopic (exact) mass is 340 g/mol. The van der Waals surface area contributed by atoms with Crippen LogP contribution in [0.4, 0.5) is 0 Å². The number of hydrazone groups is 1. The number of aromatic nitrogens is 1. The lowest BCUT2D eigenvalue weighted by molar-refractivity contribution is -0.122. The molecule has 2 amide bonds. The van der Waals surface area contributed by atoms with Gasteiger partial charge in [-0.05, 0) is 26.3 Å². The van der Waals surface area contributed by atoms with Gasteiger partial charge in [0.25, 0.3) is 11.5 Å². The quantitative estimate of drug-likeness (QED) is 0.872. The molecule has 1 aromatic carbocycles. The van der Waals surface area contributed by atoms with Gasteiger partial charge in [0.05, 0.1) is 17.0 Å². The van der Waals surface area contributed by atoms with E-state index in [-0.39, 0.29) is 23.3 Å². The molecule has 1 aliphatic heterocycles. The fourth-order valence-corrected chi connectivity index (χ4v) is 3.19. The van der Waals surface area contributed by atoms with Gasteiger partial charge in [-0.3, -0.25) is 14.4 Å². The molecule has 3 rings (SSSR count). The van der Waals surface area contributed by atoms with Crippen LogP contribution in [-0.2, 0) is 11.8 Å². The van der Waals surface area contributed by atoms with Crippen LogP contribution in [0.3, 0.4) is 0 Å². The third-order valence-electron chi connectivity index (χ3n) is 4.64. The van der Waals surface area contributed by atoms with E-state index in [2.05, 4.69) is 15.8 Å². The van der Waals surface area contributed by atoms with Crippen molar-refractivity contribution in [2.24, 2.45) is 18.1 Å². The number of rotatable bonds is 4. The molecular formula is C18H20N4O3. The van der Waals surface area contributed by atoms with Crippen LogP contribution in [0.25, 0.3) is 10.9 Å². The van der Waals surface area contributed by atoms with E-state index in [1.807, 2.05) is 24.3 Å². The molecule has 2 aromatic rings. The maximum atomic E-state index is 12.7. The number of nitrogens with one attached hydrogen (secondary N) is 2. The number of hydrogen-bond donors (Lipinski definition) is 2. The Bertz CT molecular complexity index is 959. The number of pyridine rings is 1. The standard InChI is InChI=1S/C18H20N4O3/c1-10-15(13-6-4-5-7-14(13)22(3)18(10)25)17(24)19-9-8-12-11(2)20-21-16(12)23/h4-7,12H,8-9H2,1-3H3,(H,19,24)(H,21,23). The molecule has 0 bridgehead atoms. The molecule has 1 atom stereocenters. The molecule has 7 nitrogen and oxygen atoms in total. The lowest BCUT2D eigenvalue weighted by Crippen LogP contribution is -2.32. The molecule has 2 N–H and O–H groups in total. The third kappa shape index (κ3) is 2.93. The fourth-order valence-electron chi connectivity index (χ4n) is 3.19. The summed E-state index contributed by atoms with van der Waals surface area (Å²) in [5, 5.41) is 7.45. The molecule has 1 aromatic heterocycles. The summed E-state index contributed by atoms with van der Waals surface area (Å²) >= 11 is 0. The lowest BCUT2D eigenvalue weighted by Gasteiger charge is -2.14. The average molecular weight is 340 g/mol. The number of carbonyl (C=O) groups excluding carboxylic acids is 2. The number of aryl methyl sites for hydroxylation is 1. The number of nitrogens with zero attached hydrogens (tertiary/aromatic N) is 2. The number of hydrogen-bond acceptors (Lipinski definition) is 4. The topological polar surface area (TPSA) is 92.6 Å². The number of amides is 2. The van der Waals surface area contributed by atoms with Crippen LogP contribution in [0.1, 0.15) is 29.3 Å². The van der Waals surface area contributed by atoms with Crippen molar-refractivity contribution in [3.63, 3.8) is 0 Å².